The molecule has 0 amide bonds. The molecule has 4 bridgehead atoms. The number of hydrogen-bond donors (Lipinski definition) is 0. The van der Waals surface area contributed by atoms with Crippen LogP contribution in [0.2, 0.25) is 0 Å². The Balaban J connectivity index is 2.08. The highest BCUT2D eigenvalue weighted by atomic mass is 16.5. The fraction of sp³-hybridized carbons (Fsp3) is 0.800. The molecule has 100 valence electrons. The third-order valence-electron chi connectivity index (χ3n) is 5.76. The van der Waals surface area contributed by atoms with Crippen molar-refractivity contribution in [1.29, 1.82) is 10.5 Å². The van der Waals surface area contributed by atoms with E-state index < -0.39 is 11.3 Å². The lowest BCUT2D eigenvalue weighted by atomic mass is 9.42. The standard InChI is InChI=1S/C15H18N2O2/c1-19-14(18)15(13(7-16)8-17)11-3-9-2-10(5-11)6-12(15)4-9/h9-13H,2-6H2,1H3. The van der Waals surface area contributed by atoms with Gasteiger partial charge in [0.1, 0.15) is 11.3 Å². The summed E-state index contributed by atoms with van der Waals surface area (Å²) in [6.07, 6.45) is 5.22. The van der Waals surface area contributed by atoms with Crippen LogP contribution >= 0.6 is 0 Å². The van der Waals surface area contributed by atoms with Gasteiger partial charge in [0.25, 0.3) is 0 Å². The van der Waals surface area contributed by atoms with Gasteiger partial charge in [0, 0.05) is 0 Å². The van der Waals surface area contributed by atoms with Gasteiger partial charge in [0.2, 0.25) is 0 Å². The van der Waals surface area contributed by atoms with Crippen LogP contribution in [-0.2, 0) is 9.53 Å². The molecule has 0 aromatic carbocycles. The molecule has 0 aromatic rings. The van der Waals surface area contributed by atoms with Gasteiger partial charge in [-0.05, 0) is 55.8 Å². The van der Waals surface area contributed by atoms with Crippen molar-refractivity contribution in [1.82, 2.24) is 0 Å². The van der Waals surface area contributed by atoms with E-state index in [9.17, 15) is 15.3 Å². The smallest absolute Gasteiger partial charge is 0.314 e. The molecular formula is C15H18N2O2. The highest BCUT2D eigenvalue weighted by Gasteiger charge is 2.65. The Labute approximate surface area is 113 Å². The van der Waals surface area contributed by atoms with Crippen LogP contribution in [0.1, 0.15) is 32.1 Å². The van der Waals surface area contributed by atoms with Crippen molar-refractivity contribution in [3.63, 3.8) is 0 Å². The number of ether oxygens (including phenoxy) is 1. The summed E-state index contributed by atoms with van der Waals surface area (Å²) in [4.78, 5) is 12.5. The number of esters is 1. The second-order valence-electron chi connectivity index (χ2n) is 6.42. The first kappa shape index (κ1) is 12.5. The van der Waals surface area contributed by atoms with Crippen molar-refractivity contribution >= 4 is 5.97 Å². The minimum absolute atomic E-state index is 0.167. The normalized spacial score (nSPS) is 42.7. The summed E-state index contributed by atoms with van der Waals surface area (Å²) in [7, 11) is 1.38. The van der Waals surface area contributed by atoms with E-state index in [1.54, 1.807) is 0 Å². The molecule has 4 fully saturated rings. The van der Waals surface area contributed by atoms with Gasteiger partial charge in [-0.1, -0.05) is 0 Å². The summed E-state index contributed by atoms with van der Waals surface area (Å²) in [6, 6.07) is 4.15. The quantitative estimate of drug-likeness (QED) is 0.712. The van der Waals surface area contributed by atoms with E-state index in [0.717, 1.165) is 25.7 Å². The Morgan fingerprint density at radius 2 is 1.58 bits per heavy atom. The average Bonchev–Trinajstić information content (AvgIpc) is 2.41. The first-order chi connectivity index (χ1) is 9.16. The zero-order valence-electron chi connectivity index (χ0n) is 11.1. The third-order valence-corrected chi connectivity index (χ3v) is 5.76. The van der Waals surface area contributed by atoms with Crippen molar-refractivity contribution in [2.24, 2.45) is 35.0 Å². The van der Waals surface area contributed by atoms with Gasteiger partial charge >= 0.3 is 5.97 Å². The predicted octanol–water partition coefficient (Wildman–Crippen LogP) is 2.27. The maximum atomic E-state index is 12.5. The van der Waals surface area contributed by atoms with Gasteiger partial charge in [-0.25, -0.2) is 0 Å². The van der Waals surface area contributed by atoms with Crippen molar-refractivity contribution in [3.05, 3.63) is 0 Å². The number of nitriles is 2. The predicted molar refractivity (Wildman–Crippen MR) is 66.2 cm³/mol. The van der Waals surface area contributed by atoms with E-state index in [1.165, 1.54) is 13.5 Å². The largest absolute Gasteiger partial charge is 0.469 e. The summed E-state index contributed by atoms with van der Waals surface area (Å²) in [6.45, 7) is 0. The number of nitrogens with zero attached hydrogens (tertiary/aromatic N) is 2. The molecule has 19 heavy (non-hydrogen) atoms. The van der Waals surface area contributed by atoms with E-state index in [1.807, 2.05) is 0 Å². The second kappa shape index (κ2) is 4.23. The Kier molecular flexibility index (Phi) is 2.78. The Morgan fingerprint density at radius 3 is 1.95 bits per heavy atom. The fourth-order valence-corrected chi connectivity index (χ4v) is 5.31. The monoisotopic (exact) mass is 258 g/mol. The molecule has 4 rings (SSSR count). The summed E-state index contributed by atoms with van der Waals surface area (Å²) >= 11 is 0. The summed E-state index contributed by atoms with van der Waals surface area (Å²) in [5, 5.41) is 18.7. The first-order valence-corrected chi connectivity index (χ1v) is 7.04. The zero-order valence-corrected chi connectivity index (χ0v) is 11.1. The van der Waals surface area contributed by atoms with Crippen LogP contribution in [0, 0.1) is 57.7 Å². The van der Waals surface area contributed by atoms with Crippen molar-refractivity contribution in [3.8, 4) is 12.1 Å². The number of methoxy groups -OCH3 is 1. The minimum Gasteiger partial charge on any atom is -0.469 e. The SMILES string of the molecule is COC(=O)C1(C(C#N)C#N)C2CC3CC(C2)CC1C3. The van der Waals surface area contributed by atoms with Crippen LogP contribution in [-0.4, -0.2) is 13.1 Å². The molecule has 4 aliphatic carbocycles. The van der Waals surface area contributed by atoms with Crippen molar-refractivity contribution in [2.75, 3.05) is 7.11 Å². The van der Waals surface area contributed by atoms with Crippen molar-refractivity contribution in [2.45, 2.75) is 32.1 Å². The van der Waals surface area contributed by atoms with E-state index in [4.69, 9.17) is 4.74 Å². The number of hydrogen-bond acceptors (Lipinski definition) is 4. The maximum Gasteiger partial charge on any atom is 0.314 e. The highest BCUT2D eigenvalue weighted by molar-refractivity contribution is 5.79. The Hall–Kier alpha value is -1.55. The molecule has 4 nitrogen and oxygen atoms in total. The summed E-state index contributed by atoms with van der Waals surface area (Å²) in [5.74, 6) is 0.530. The summed E-state index contributed by atoms with van der Waals surface area (Å²) in [5.41, 5.74) is -0.855. The lowest BCUT2D eigenvalue weighted by Crippen LogP contribution is -2.60. The van der Waals surface area contributed by atoms with Crippen LogP contribution < -0.4 is 0 Å². The fourth-order valence-electron chi connectivity index (χ4n) is 5.31. The summed E-state index contributed by atoms with van der Waals surface area (Å²) < 4.78 is 5.02. The van der Waals surface area contributed by atoms with Gasteiger partial charge in [0.15, 0.2) is 0 Å². The number of rotatable bonds is 2. The molecule has 0 N–H and O–H groups in total. The van der Waals surface area contributed by atoms with Gasteiger partial charge in [0.05, 0.1) is 19.2 Å². The third kappa shape index (κ3) is 1.46. The molecule has 0 aliphatic heterocycles. The van der Waals surface area contributed by atoms with E-state index >= 15 is 0 Å². The maximum absolute atomic E-state index is 12.5. The van der Waals surface area contributed by atoms with E-state index in [-0.39, 0.29) is 17.8 Å². The Morgan fingerprint density at radius 1 is 1.11 bits per heavy atom. The zero-order chi connectivity index (χ0) is 13.6. The molecular weight excluding hydrogens is 240 g/mol. The molecule has 0 unspecified atom stereocenters. The minimum atomic E-state index is -0.866. The molecule has 0 aromatic heterocycles. The van der Waals surface area contributed by atoms with E-state index in [2.05, 4.69) is 12.1 Å². The lowest BCUT2D eigenvalue weighted by molar-refractivity contribution is -0.185. The van der Waals surface area contributed by atoms with Gasteiger partial charge in [-0.15, -0.1) is 0 Å². The molecule has 0 atom stereocenters. The van der Waals surface area contributed by atoms with Crippen LogP contribution in [0.3, 0.4) is 0 Å². The Bertz CT molecular complexity index is 443. The molecule has 0 spiro atoms. The van der Waals surface area contributed by atoms with Gasteiger partial charge in [-0.3, -0.25) is 4.79 Å². The van der Waals surface area contributed by atoms with E-state index in [0.29, 0.717) is 11.8 Å². The second-order valence-corrected chi connectivity index (χ2v) is 6.42. The average molecular weight is 258 g/mol. The van der Waals surface area contributed by atoms with Crippen LogP contribution in [0.4, 0.5) is 0 Å². The van der Waals surface area contributed by atoms with Crippen LogP contribution in [0.25, 0.3) is 0 Å². The van der Waals surface area contributed by atoms with Crippen LogP contribution in [0.5, 0.6) is 0 Å². The number of carbonyl (C=O) groups excluding carboxylic acids is 1. The molecule has 0 radical (unpaired) electrons. The number of carbonyl (C=O) groups is 1. The topological polar surface area (TPSA) is 73.9 Å². The van der Waals surface area contributed by atoms with Crippen molar-refractivity contribution < 1.29 is 9.53 Å². The van der Waals surface area contributed by atoms with Gasteiger partial charge < -0.3 is 4.74 Å². The first-order valence-electron chi connectivity index (χ1n) is 7.04. The lowest BCUT2D eigenvalue weighted by Gasteiger charge is -2.59. The molecule has 0 heterocycles. The van der Waals surface area contributed by atoms with Gasteiger partial charge in [-0.2, -0.15) is 10.5 Å². The molecule has 4 saturated carbocycles. The highest BCUT2D eigenvalue weighted by Crippen LogP contribution is 2.65. The molecule has 4 aliphatic rings. The molecule has 0 saturated heterocycles. The molecule has 4 heteroatoms. The van der Waals surface area contributed by atoms with Crippen LogP contribution in [0.15, 0.2) is 0 Å².